The molecule has 0 spiro atoms. The Hall–Kier alpha value is -3.48. The van der Waals surface area contributed by atoms with E-state index in [0.29, 0.717) is 0 Å². The van der Waals surface area contributed by atoms with Crippen molar-refractivity contribution in [2.75, 3.05) is 0 Å². The predicted octanol–water partition coefficient (Wildman–Crippen LogP) is 8.03. The van der Waals surface area contributed by atoms with Gasteiger partial charge in [0.05, 0.1) is 12.4 Å². The van der Waals surface area contributed by atoms with Gasteiger partial charge < -0.3 is 8.96 Å². The standard InChI is InChI=1S/C24H20P.C8H18B2N2.2C4H10/c1-5-13-21(14-6-1)25(22-15-7-2-8-16-22,23-17-9-3-10-18-23)24-19-11-4-12-20-24;1-4-9-11-6-7-12(8-11)10(3)5-2;2*1-3-4-2/h1-20H;6-8,10H,3-5,9H2,1-2H3;2*3-4H2,1-2H3/q+1;;;. The summed E-state index contributed by atoms with van der Waals surface area (Å²) in [7, 11) is -1.83. The Labute approximate surface area is 277 Å². The highest BCUT2D eigenvalue weighted by Crippen LogP contribution is 2.53. The molecule has 2 nitrogen and oxygen atoms in total. The summed E-state index contributed by atoms with van der Waals surface area (Å²) in [6.45, 7) is 17.0. The molecule has 4 aromatic carbocycles. The van der Waals surface area contributed by atoms with Gasteiger partial charge in [0.1, 0.15) is 28.5 Å². The second-order valence-electron chi connectivity index (χ2n) is 11.9. The van der Waals surface area contributed by atoms with Crippen LogP contribution in [-0.2, 0) is 0 Å². The van der Waals surface area contributed by atoms with E-state index in [4.69, 9.17) is 0 Å². The first-order valence-electron chi connectivity index (χ1n) is 17.6. The number of aromatic nitrogens is 2. The summed E-state index contributed by atoms with van der Waals surface area (Å²) >= 11 is 0. The molecule has 5 heteroatoms. The molecule has 238 valence electrons. The minimum absolute atomic E-state index is 0.0768. The van der Waals surface area contributed by atoms with E-state index in [1.807, 2.05) is 0 Å². The van der Waals surface area contributed by atoms with Gasteiger partial charge in [0, 0.05) is 0 Å². The lowest BCUT2D eigenvalue weighted by molar-refractivity contribution is -0.528. The number of unbranched alkanes of at least 4 members (excludes halogenated alkanes) is 2. The van der Waals surface area contributed by atoms with Crippen molar-refractivity contribution in [2.24, 2.45) is 0 Å². The van der Waals surface area contributed by atoms with Crippen molar-refractivity contribution in [3.63, 3.8) is 0 Å². The molecule has 5 aromatic rings. The predicted molar refractivity (Wildman–Crippen MR) is 210 cm³/mol. The lowest BCUT2D eigenvalue weighted by Crippen LogP contribution is -2.38. The molecule has 5 rings (SSSR count). The highest BCUT2D eigenvalue weighted by Gasteiger charge is 2.47. The Morgan fingerprint density at radius 1 is 0.578 bits per heavy atom. The van der Waals surface area contributed by atoms with Crippen molar-refractivity contribution in [3.05, 3.63) is 147 Å². The van der Waals surface area contributed by atoms with Gasteiger partial charge in [-0.3, -0.25) is 0 Å². The quantitative estimate of drug-likeness (QED) is 0.0851. The van der Waals surface area contributed by atoms with Crippen LogP contribution in [-0.4, -0.2) is 18.7 Å². The first-order valence-corrected chi connectivity index (χ1v) is 19.4. The monoisotopic (exact) mass is 619 g/mol. The van der Waals surface area contributed by atoms with Crippen molar-refractivity contribution in [3.8, 4) is 0 Å². The highest BCUT2D eigenvalue weighted by molar-refractivity contribution is 8.01. The third-order valence-electron chi connectivity index (χ3n) is 8.17. The molecule has 0 N–H and O–H groups in total. The average molecular weight is 620 g/mol. The van der Waals surface area contributed by atoms with Gasteiger partial charge in [-0.15, -0.1) is 6.32 Å². The van der Waals surface area contributed by atoms with Crippen LogP contribution in [0.25, 0.3) is 0 Å². The molecule has 0 aliphatic carbocycles. The second kappa shape index (κ2) is 22.1. The smallest absolute Gasteiger partial charge is 0.364 e. The molecule has 0 radical (unpaired) electrons. The van der Waals surface area contributed by atoms with Crippen LogP contribution in [0.1, 0.15) is 67.2 Å². The van der Waals surface area contributed by atoms with E-state index in [2.05, 4.69) is 197 Å². The Kier molecular flexibility index (Phi) is 18.5. The van der Waals surface area contributed by atoms with Crippen LogP contribution in [0.5, 0.6) is 0 Å². The van der Waals surface area contributed by atoms with Gasteiger partial charge in [-0.05, 0) is 48.5 Å². The van der Waals surface area contributed by atoms with E-state index in [9.17, 15) is 0 Å². The SMILES string of the molecule is CCCC.CCCC.[CH2+][BH-](CC)n1cc[n+]([BH2-]CC)c1.c1ccc([P+](c2ccccc2)(c2ccccc2)c2ccccc2)cc1. The maximum Gasteiger partial charge on any atom is 0.364 e. The van der Waals surface area contributed by atoms with E-state index in [-0.39, 0.29) is 14.3 Å². The summed E-state index contributed by atoms with van der Waals surface area (Å²) < 4.78 is 4.62. The van der Waals surface area contributed by atoms with Gasteiger partial charge in [0.25, 0.3) is 0 Å². The molecule has 0 aliphatic rings. The van der Waals surface area contributed by atoms with Crippen molar-refractivity contribution in [1.82, 2.24) is 4.48 Å². The number of nitrogens with zero attached hydrogens (tertiary/aromatic N) is 2. The van der Waals surface area contributed by atoms with Crippen LogP contribution in [0.2, 0.25) is 12.6 Å². The van der Waals surface area contributed by atoms with Crippen LogP contribution in [0.3, 0.4) is 0 Å². The molecule has 1 aromatic heterocycles. The third kappa shape index (κ3) is 11.4. The molecule has 0 saturated heterocycles. The topological polar surface area (TPSA) is 8.81 Å². The largest absolute Gasteiger partial charge is 0.445 e. The number of benzene rings is 4. The molecule has 0 saturated carbocycles. The van der Waals surface area contributed by atoms with Gasteiger partial charge in [-0.25, -0.2) is 0 Å². The Balaban J connectivity index is 0.000000293. The zero-order chi connectivity index (χ0) is 32.8. The van der Waals surface area contributed by atoms with E-state index >= 15 is 0 Å². The summed E-state index contributed by atoms with van der Waals surface area (Å²) in [5.41, 5.74) is 0. The molecule has 0 amide bonds. The summed E-state index contributed by atoms with van der Waals surface area (Å²) in [5.74, 6) is 0. The fraction of sp³-hybridized carbons (Fsp3) is 0.300. The highest BCUT2D eigenvalue weighted by atomic mass is 31.2. The molecular formula is C40H58B2N2P+. The molecule has 1 atom stereocenters. The normalized spacial score (nSPS) is 11.1. The molecule has 0 fully saturated rings. The van der Waals surface area contributed by atoms with E-state index in [0.717, 1.165) is 0 Å². The van der Waals surface area contributed by atoms with Gasteiger partial charge in [0.15, 0.2) is 13.7 Å². The zero-order valence-electron chi connectivity index (χ0n) is 29.3. The minimum Gasteiger partial charge on any atom is -0.445 e. The summed E-state index contributed by atoms with van der Waals surface area (Å²) in [6, 6.07) is 43.8. The second-order valence-corrected chi connectivity index (χ2v) is 15.3. The number of rotatable bonds is 10. The van der Waals surface area contributed by atoms with E-state index < -0.39 is 7.26 Å². The van der Waals surface area contributed by atoms with Crippen LogP contribution < -0.4 is 25.7 Å². The van der Waals surface area contributed by atoms with Gasteiger partial charge in [-0.2, -0.15) is 0 Å². The van der Waals surface area contributed by atoms with E-state index in [1.165, 1.54) is 59.5 Å². The van der Waals surface area contributed by atoms with Crippen LogP contribution in [0.15, 0.2) is 140 Å². The summed E-state index contributed by atoms with van der Waals surface area (Å²) in [5, 5.41) is 5.55. The Morgan fingerprint density at radius 2 is 0.911 bits per heavy atom. The van der Waals surface area contributed by atoms with Crippen LogP contribution in [0.4, 0.5) is 0 Å². The number of hydrogen-bond donors (Lipinski definition) is 0. The third-order valence-corrected chi connectivity index (χ3v) is 12.5. The lowest BCUT2D eigenvalue weighted by atomic mass is 9.62. The van der Waals surface area contributed by atoms with Gasteiger partial charge in [0.2, 0.25) is 0 Å². The van der Waals surface area contributed by atoms with E-state index in [1.54, 1.807) is 0 Å². The summed E-state index contributed by atoms with van der Waals surface area (Å²) in [4.78, 5) is 0. The maximum absolute atomic E-state index is 4.15. The lowest BCUT2D eigenvalue weighted by Gasteiger charge is -2.27. The number of hydrogen-bond acceptors (Lipinski definition) is 0. The van der Waals surface area contributed by atoms with Crippen molar-refractivity contribution in [2.45, 2.75) is 79.9 Å². The first-order chi connectivity index (χ1) is 22.0. The molecule has 0 aliphatic heterocycles. The minimum atomic E-state index is -1.91. The Morgan fingerprint density at radius 3 is 1.18 bits per heavy atom. The first kappa shape index (κ1) is 37.7. The molecule has 0 bridgehead atoms. The number of imidazole rings is 1. The van der Waals surface area contributed by atoms with Crippen LogP contribution in [0, 0.1) is 6.82 Å². The maximum atomic E-state index is 4.15. The summed E-state index contributed by atoms with van der Waals surface area (Å²) in [6.07, 6.45) is 14.3. The molecule has 1 unspecified atom stereocenters. The molecule has 45 heavy (non-hydrogen) atoms. The molecule has 1 heterocycles. The van der Waals surface area contributed by atoms with Crippen molar-refractivity contribution < 1.29 is 4.48 Å². The fourth-order valence-electron chi connectivity index (χ4n) is 5.08. The Bertz CT molecular complexity index is 1220. The average Bonchev–Trinajstić information content (AvgIpc) is 3.59. The molecular weight excluding hydrogens is 561 g/mol. The van der Waals surface area contributed by atoms with Crippen molar-refractivity contribution in [1.29, 1.82) is 0 Å². The van der Waals surface area contributed by atoms with Crippen molar-refractivity contribution >= 4 is 42.7 Å². The van der Waals surface area contributed by atoms with Gasteiger partial charge >= 0.3 is 6.85 Å². The zero-order valence-corrected chi connectivity index (χ0v) is 30.2. The van der Waals surface area contributed by atoms with Gasteiger partial charge in [-0.1, -0.05) is 153 Å². The fourth-order valence-corrected chi connectivity index (χ4v) is 9.34. The van der Waals surface area contributed by atoms with Crippen LogP contribution >= 0.6 is 7.26 Å².